The highest BCUT2D eigenvalue weighted by Crippen LogP contribution is 2.37. The number of fused-ring (bicyclic) bond motifs is 1. The van der Waals surface area contributed by atoms with Crippen molar-refractivity contribution in [2.45, 2.75) is 83.7 Å². The van der Waals surface area contributed by atoms with Crippen LogP contribution in [0.4, 0.5) is 0 Å². The molecule has 2 saturated carbocycles. The molecule has 1 saturated heterocycles. The Morgan fingerprint density at radius 2 is 1.70 bits per heavy atom. The second-order valence-electron chi connectivity index (χ2n) is 7.81. The van der Waals surface area contributed by atoms with Crippen LogP contribution in [-0.4, -0.2) is 17.9 Å². The van der Waals surface area contributed by atoms with Gasteiger partial charge in [-0.25, -0.2) is 0 Å². The zero-order valence-corrected chi connectivity index (χ0v) is 13.2. The number of nitrogens with one attached hydrogen (secondary N) is 1. The molecule has 0 aromatic rings. The minimum absolute atomic E-state index is 0.181. The molecular formula is C18H31NO. The van der Waals surface area contributed by atoms with Crippen LogP contribution in [0.5, 0.6) is 0 Å². The Kier molecular flexibility index (Phi) is 4.49. The molecule has 3 aliphatic rings. The lowest BCUT2D eigenvalue weighted by atomic mass is 9.71. The van der Waals surface area contributed by atoms with Crippen molar-refractivity contribution in [2.75, 3.05) is 0 Å². The van der Waals surface area contributed by atoms with E-state index in [4.69, 9.17) is 0 Å². The smallest absolute Gasteiger partial charge is 0.152 e. The number of ketones is 1. The molecule has 2 nitrogen and oxygen atoms in total. The van der Waals surface area contributed by atoms with Gasteiger partial charge in [0.15, 0.2) is 5.78 Å². The highest BCUT2D eigenvalue weighted by atomic mass is 16.1. The Morgan fingerprint density at radius 1 is 0.900 bits per heavy atom. The quantitative estimate of drug-likeness (QED) is 0.828. The van der Waals surface area contributed by atoms with Crippen LogP contribution in [0.1, 0.15) is 71.6 Å². The first-order chi connectivity index (χ1) is 9.65. The largest absolute Gasteiger partial charge is 0.304 e. The van der Waals surface area contributed by atoms with Gasteiger partial charge in [-0.1, -0.05) is 26.7 Å². The molecular weight excluding hydrogens is 246 g/mol. The molecule has 6 atom stereocenters. The molecule has 6 unspecified atom stereocenters. The zero-order valence-electron chi connectivity index (χ0n) is 13.2. The van der Waals surface area contributed by atoms with E-state index in [0.29, 0.717) is 17.7 Å². The van der Waals surface area contributed by atoms with Gasteiger partial charge in [0.2, 0.25) is 0 Å². The van der Waals surface area contributed by atoms with Crippen molar-refractivity contribution in [2.24, 2.45) is 23.7 Å². The molecule has 1 heterocycles. The van der Waals surface area contributed by atoms with E-state index in [-0.39, 0.29) is 6.04 Å². The monoisotopic (exact) mass is 277 g/mol. The Morgan fingerprint density at radius 3 is 2.50 bits per heavy atom. The average molecular weight is 277 g/mol. The van der Waals surface area contributed by atoms with E-state index in [1.165, 1.54) is 38.5 Å². The van der Waals surface area contributed by atoms with Gasteiger partial charge in [-0.15, -0.1) is 0 Å². The lowest BCUT2D eigenvalue weighted by Gasteiger charge is -2.41. The van der Waals surface area contributed by atoms with Gasteiger partial charge in [0.05, 0.1) is 6.04 Å². The fourth-order valence-corrected chi connectivity index (χ4v) is 4.81. The number of piperidine rings is 1. The molecule has 20 heavy (non-hydrogen) atoms. The maximum Gasteiger partial charge on any atom is 0.152 e. The first-order valence-corrected chi connectivity index (χ1v) is 8.95. The Bertz CT molecular complexity index is 353. The Hall–Kier alpha value is -0.370. The molecule has 0 amide bonds. The van der Waals surface area contributed by atoms with Crippen LogP contribution >= 0.6 is 0 Å². The maximum absolute atomic E-state index is 12.8. The summed E-state index contributed by atoms with van der Waals surface area (Å²) in [6.45, 7) is 4.67. The summed E-state index contributed by atoms with van der Waals surface area (Å²) in [5.74, 6) is 3.29. The summed E-state index contributed by atoms with van der Waals surface area (Å²) in [7, 11) is 0. The summed E-state index contributed by atoms with van der Waals surface area (Å²) in [4.78, 5) is 12.8. The third-order valence-electron chi connectivity index (χ3n) is 6.49. The van der Waals surface area contributed by atoms with Crippen molar-refractivity contribution in [3.05, 3.63) is 0 Å². The summed E-state index contributed by atoms with van der Waals surface area (Å²) in [6, 6.07) is 0.825. The van der Waals surface area contributed by atoms with Crippen molar-refractivity contribution in [3.63, 3.8) is 0 Å². The molecule has 1 N–H and O–H groups in total. The Balaban J connectivity index is 1.57. The van der Waals surface area contributed by atoms with Crippen LogP contribution in [0.2, 0.25) is 0 Å². The average Bonchev–Trinajstić information content (AvgIpc) is 2.49. The van der Waals surface area contributed by atoms with Crippen LogP contribution < -0.4 is 5.32 Å². The predicted octanol–water partition coefficient (Wildman–Crippen LogP) is 3.94. The fraction of sp³-hybridized carbons (Fsp3) is 0.944. The Labute approximate surface area is 124 Å². The van der Waals surface area contributed by atoms with E-state index < -0.39 is 0 Å². The summed E-state index contributed by atoms with van der Waals surface area (Å²) in [5, 5.41) is 3.73. The minimum Gasteiger partial charge on any atom is -0.304 e. The van der Waals surface area contributed by atoms with E-state index in [1.807, 2.05) is 0 Å². The highest BCUT2D eigenvalue weighted by molar-refractivity contribution is 5.86. The third kappa shape index (κ3) is 2.95. The SMILES string of the molecule is CC1CCC(C(=O)C2CCC3CCCCC3N2)CC1C. The number of rotatable bonds is 2. The molecule has 114 valence electrons. The summed E-state index contributed by atoms with van der Waals surface area (Å²) in [5.41, 5.74) is 0. The van der Waals surface area contributed by atoms with Gasteiger partial charge >= 0.3 is 0 Å². The van der Waals surface area contributed by atoms with Crippen LogP contribution in [0, 0.1) is 23.7 Å². The van der Waals surface area contributed by atoms with Crippen molar-refractivity contribution >= 4 is 5.78 Å². The van der Waals surface area contributed by atoms with Crippen molar-refractivity contribution in [1.29, 1.82) is 0 Å². The molecule has 3 rings (SSSR count). The van der Waals surface area contributed by atoms with Crippen LogP contribution in [0.25, 0.3) is 0 Å². The first-order valence-electron chi connectivity index (χ1n) is 8.95. The van der Waals surface area contributed by atoms with Crippen LogP contribution in [-0.2, 0) is 4.79 Å². The molecule has 2 aliphatic carbocycles. The van der Waals surface area contributed by atoms with Gasteiger partial charge in [-0.2, -0.15) is 0 Å². The van der Waals surface area contributed by atoms with Crippen molar-refractivity contribution < 1.29 is 4.79 Å². The molecule has 3 fully saturated rings. The standard InChI is InChI=1S/C18H31NO/c1-12-7-8-15(11-13(12)2)18(20)17-10-9-14-5-3-4-6-16(14)19-17/h12-17,19H,3-11H2,1-2H3. The van der Waals surface area contributed by atoms with E-state index in [1.54, 1.807) is 0 Å². The zero-order chi connectivity index (χ0) is 14.1. The minimum atomic E-state index is 0.181. The van der Waals surface area contributed by atoms with Gasteiger partial charge in [-0.3, -0.25) is 4.79 Å². The number of hydrogen-bond acceptors (Lipinski definition) is 2. The van der Waals surface area contributed by atoms with Gasteiger partial charge in [0.1, 0.15) is 0 Å². The number of hydrogen-bond donors (Lipinski definition) is 1. The number of Topliss-reactive ketones (excluding diaryl/α,β-unsaturated/α-hetero) is 1. The molecule has 0 aromatic carbocycles. The lowest BCUT2D eigenvalue weighted by Crippen LogP contribution is -2.53. The van der Waals surface area contributed by atoms with Gasteiger partial charge in [0, 0.05) is 12.0 Å². The van der Waals surface area contributed by atoms with Gasteiger partial charge in [0.25, 0.3) is 0 Å². The maximum atomic E-state index is 12.8. The first kappa shape index (κ1) is 14.6. The molecule has 1 aliphatic heterocycles. The topological polar surface area (TPSA) is 29.1 Å². The van der Waals surface area contributed by atoms with E-state index in [0.717, 1.165) is 37.0 Å². The second-order valence-corrected chi connectivity index (χ2v) is 7.81. The molecule has 0 spiro atoms. The number of carbonyl (C=O) groups is 1. The lowest BCUT2D eigenvalue weighted by molar-refractivity contribution is -0.128. The predicted molar refractivity (Wildman–Crippen MR) is 82.6 cm³/mol. The van der Waals surface area contributed by atoms with Crippen molar-refractivity contribution in [3.8, 4) is 0 Å². The van der Waals surface area contributed by atoms with Crippen LogP contribution in [0.3, 0.4) is 0 Å². The van der Waals surface area contributed by atoms with Gasteiger partial charge < -0.3 is 5.32 Å². The van der Waals surface area contributed by atoms with Crippen molar-refractivity contribution in [1.82, 2.24) is 5.32 Å². The highest BCUT2D eigenvalue weighted by Gasteiger charge is 2.38. The number of carbonyl (C=O) groups excluding carboxylic acids is 1. The van der Waals surface area contributed by atoms with E-state index in [2.05, 4.69) is 19.2 Å². The van der Waals surface area contributed by atoms with E-state index in [9.17, 15) is 4.79 Å². The van der Waals surface area contributed by atoms with E-state index >= 15 is 0 Å². The molecule has 0 aromatic heterocycles. The molecule has 2 heteroatoms. The molecule has 0 radical (unpaired) electrons. The summed E-state index contributed by atoms with van der Waals surface area (Å²) >= 11 is 0. The second kappa shape index (κ2) is 6.17. The summed E-state index contributed by atoms with van der Waals surface area (Å²) in [6.07, 6.45) is 11.3. The van der Waals surface area contributed by atoms with Gasteiger partial charge in [-0.05, 0) is 62.7 Å². The normalized spacial score (nSPS) is 45.7. The fourth-order valence-electron chi connectivity index (χ4n) is 4.81. The third-order valence-corrected chi connectivity index (χ3v) is 6.49. The summed E-state index contributed by atoms with van der Waals surface area (Å²) < 4.78 is 0. The van der Waals surface area contributed by atoms with Crippen LogP contribution in [0.15, 0.2) is 0 Å². The molecule has 0 bridgehead atoms.